The van der Waals surface area contributed by atoms with E-state index >= 15 is 0 Å². The van der Waals surface area contributed by atoms with Crippen LogP contribution in [0.25, 0.3) is 21.8 Å². The van der Waals surface area contributed by atoms with Gasteiger partial charge in [0.15, 0.2) is 0 Å². The molecule has 0 aliphatic rings. The van der Waals surface area contributed by atoms with Gasteiger partial charge in [0.05, 0.1) is 11.7 Å². The van der Waals surface area contributed by atoms with Gasteiger partial charge in [-0.2, -0.15) is 5.10 Å². The third-order valence-corrected chi connectivity index (χ3v) is 5.12. The van der Waals surface area contributed by atoms with Crippen LogP contribution in [0.3, 0.4) is 0 Å². The van der Waals surface area contributed by atoms with Gasteiger partial charge < -0.3 is 9.88 Å². The molecule has 0 spiro atoms. The van der Waals surface area contributed by atoms with E-state index in [0.717, 1.165) is 21.9 Å². The molecule has 28 heavy (non-hydrogen) atoms. The molecule has 4 aromatic rings. The highest BCUT2D eigenvalue weighted by atomic mass is 16.2. The van der Waals surface area contributed by atoms with Crippen molar-refractivity contribution in [2.45, 2.75) is 25.9 Å². The summed E-state index contributed by atoms with van der Waals surface area (Å²) < 4.78 is 3.18. The molecular formula is C22H22N4O2. The van der Waals surface area contributed by atoms with Crippen molar-refractivity contribution in [3.05, 3.63) is 76.7 Å². The van der Waals surface area contributed by atoms with Gasteiger partial charge in [0, 0.05) is 24.4 Å². The predicted octanol–water partition coefficient (Wildman–Crippen LogP) is 3.16. The van der Waals surface area contributed by atoms with Crippen molar-refractivity contribution in [2.75, 3.05) is 0 Å². The van der Waals surface area contributed by atoms with Gasteiger partial charge in [-0.3, -0.25) is 9.59 Å². The van der Waals surface area contributed by atoms with Crippen LogP contribution in [0.15, 0.2) is 65.6 Å². The molecule has 2 aromatic carbocycles. The van der Waals surface area contributed by atoms with E-state index in [0.29, 0.717) is 18.5 Å². The van der Waals surface area contributed by atoms with Crippen molar-refractivity contribution in [3.63, 3.8) is 0 Å². The van der Waals surface area contributed by atoms with Crippen LogP contribution >= 0.6 is 0 Å². The minimum atomic E-state index is -0.485. The molecule has 1 N–H and O–H groups in total. The summed E-state index contributed by atoms with van der Waals surface area (Å²) in [5, 5.41) is 8.88. The largest absolute Gasteiger partial charge is 0.350 e. The Morgan fingerprint density at radius 2 is 1.79 bits per heavy atom. The molecule has 0 aliphatic carbocycles. The van der Waals surface area contributed by atoms with Gasteiger partial charge in [-0.05, 0) is 18.1 Å². The van der Waals surface area contributed by atoms with Crippen LogP contribution in [0.5, 0.6) is 0 Å². The molecule has 2 aromatic heterocycles. The van der Waals surface area contributed by atoms with E-state index in [2.05, 4.69) is 10.4 Å². The van der Waals surface area contributed by atoms with Crippen molar-refractivity contribution >= 4 is 27.7 Å². The fourth-order valence-electron chi connectivity index (χ4n) is 3.70. The van der Waals surface area contributed by atoms with Crippen molar-refractivity contribution in [2.24, 2.45) is 7.05 Å². The summed E-state index contributed by atoms with van der Waals surface area (Å²) >= 11 is 0. The second-order valence-corrected chi connectivity index (χ2v) is 6.85. The summed E-state index contributed by atoms with van der Waals surface area (Å²) in [6, 6.07) is 17.1. The highest BCUT2D eigenvalue weighted by molar-refractivity contribution is 6.08. The zero-order chi connectivity index (χ0) is 19.7. The van der Waals surface area contributed by atoms with Crippen LogP contribution < -0.4 is 10.9 Å². The van der Waals surface area contributed by atoms with Crippen molar-refractivity contribution in [1.29, 1.82) is 0 Å². The zero-order valence-electron chi connectivity index (χ0n) is 15.9. The van der Waals surface area contributed by atoms with Crippen molar-refractivity contribution in [3.8, 4) is 0 Å². The first-order valence-corrected chi connectivity index (χ1v) is 9.38. The van der Waals surface area contributed by atoms with E-state index in [1.807, 2.05) is 66.1 Å². The first kappa shape index (κ1) is 18.0. The molecule has 0 radical (unpaired) electrons. The summed E-state index contributed by atoms with van der Waals surface area (Å²) in [6.45, 7) is 2.41. The van der Waals surface area contributed by atoms with E-state index in [9.17, 15) is 9.59 Å². The smallest absolute Gasteiger partial charge is 0.291 e. The number of carbonyl (C=O) groups is 1. The fraction of sp³-hybridized carbons (Fsp3) is 0.227. The molecule has 0 saturated carbocycles. The van der Waals surface area contributed by atoms with E-state index in [4.69, 9.17) is 0 Å². The minimum absolute atomic E-state index is 0.104. The lowest BCUT2D eigenvalue weighted by atomic mass is 10.1. The molecule has 6 heteroatoms. The van der Waals surface area contributed by atoms with Crippen molar-refractivity contribution < 1.29 is 4.79 Å². The molecule has 0 unspecified atom stereocenters. The molecule has 4 rings (SSSR count). The lowest BCUT2D eigenvalue weighted by Gasteiger charge is -2.19. The SMILES string of the molecule is CC[C@@H](C(=O)NCc1ccccc1)n1c2ccccc2c2cnn(C)c(=O)c21. The third-order valence-electron chi connectivity index (χ3n) is 5.12. The number of aryl methyl sites for hydroxylation is 1. The Balaban J connectivity index is 1.82. The number of amides is 1. The number of fused-ring (bicyclic) bond motifs is 3. The Labute approximate surface area is 162 Å². The highest BCUT2D eigenvalue weighted by Crippen LogP contribution is 2.30. The van der Waals surface area contributed by atoms with E-state index in [1.54, 1.807) is 13.2 Å². The van der Waals surface area contributed by atoms with Gasteiger partial charge in [0.2, 0.25) is 5.91 Å². The zero-order valence-corrected chi connectivity index (χ0v) is 15.9. The Kier molecular flexibility index (Phi) is 4.69. The Bertz CT molecular complexity index is 1210. The van der Waals surface area contributed by atoms with Crippen molar-refractivity contribution in [1.82, 2.24) is 19.7 Å². The molecule has 0 aliphatic heterocycles. The number of rotatable bonds is 5. The number of aromatic nitrogens is 3. The lowest BCUT2D eigenvalue weighted by molar-refractivity contribution is -0.124. The number of hydrogen-bond acceptors (Lipinski definition) is 3. The molecule has 6 nitrogen and oxygen atoms in total. The summed E-state index contributed by atoms with van der Waals surface area (Å²) in [7, 11) is 1.63. The van der Waals surface area contributed by atoms with E-state index in [-0.39, 0.29) is 11.5 Å². The van der Waals surface area contributed by atoms with Gasteiger partial charge in [-0.1, -0.05) is 55.5 Å². The van der Waals surface area contributed by atoms with Gasteiger partial charge in [0.1, 0.15) is 11.6 Å². The van der Waals surface area contributed by atoms with Crippen LogP contribution in [0.2, 0.25) is 0 Å². The third kappa shape index (κ3) is 2.97. The molecular weight excluding hydrogens is 352 g/mol. The standard InChI is InChI=1S/C22H22N4O2/c1-3-18(21(27)23-13-15-9-5-4-6-10-15)26-19-12-8-7-11-16(19)17-14-24-25(2)22(28)20(17)26/h4-12,14,18H,3,13H2,1-2H3,(H,23,27)/t18-/m0/s1. The average molecular weight is 374 g/mol. The Hall–Kier alpha value is -3.41. The second kappa shape index (κ2) is 7.31. The fourth-order valence-corrected chi connectivity index (χ4v) is 3.70. The van der Waals surface area contributed by atoms with Crippen LogP contribution in [0.4, 0.5) is 0 Å². The minimum Gasteiger partial charge on any atom is -0.350 e. The molecule has 142 valence electrons. The molecule has 0 saturated heterocycles. The van der Waals surface area contributed by atoms with Crippen LogP contribution in [-0.4, -0.2) is 20.3 Å². The summed E-state index contributed by atoms with van der Waals surface area (Å²) in [4.78, 5) is 26.0. The quantitative estimate of drug-likeness (QED) is 0.583. The predicted molar refractivity (Wildman–Crippen MR) is 110 cm³/mol. The van der Waals surface area contributed by atoms with Gasteiger partial charge in [-0.25, -0.2) is 4.68 Å². The maximum absolute atomic E-state index is 13.1. The molecule has 1 atom stereocenters. The second-order valence-electron chi connectivity index (χ2n) is 6.85. The first-order valence-electron chi connectivity index (χ1n) is 9.38. The highest BCUT2D eigenvalue weighted by Gasteiger charge is 2.25. The number of nitrogens with one attached hydrogen (secondary N) is 1. The lowest BCUT2D eigenvalue weighted by Crippen LogP contribution is -2.33. The number of hydrogen-bond donors (Lipinski definition) is 1. The van der Waals surface area contributed by atoms with E-state index in [1.165, 1.54) is 4.68 Å². The van der Waals surface area contributed by atoms with Crippen LogP contribution in [0, 0.1) is 0 Å². The maximum atomic E-state index is 13.1. The summed E-state index contributed by atoms with van der Waals surface area (Å²) in [5.74, 6) is -0.104. The monoisotopic (exact) mass is 374 g/mol. The Morgan fingerprint density at radius 3 is 2.54 bits per heavy atom. The normalized spacial score (nSPS) is 12.4. The number of benzene rings is 2. The van der Waals surface area contributed by atoms with Crippen LogP contribution in [0.1, 0.15) is 24.9 Å². The average Bonchev–Trinajstić information content (AvgIpc) is 3.06. The Morgan fingerprint density at radius 1 is 1.07 bits per heavy atom. The molecule has 1 amide bonds. The van der Waals surface area contributed by atoms with E-state index < -0.39 is 6.04 Å². The molecule has 0 bridgehead atoms. The molecule has 0 fully saturated rings. The van der Waals surface area contributed by atoms with Gasteiger partial charge in [0.25, 0.3) is 5.56 Å². The molecule has 2 heterocycles. The van der Waals surface area contributed by atoms with Crippen LogP contribution in [-0.2, 0) is 18.4 Å². The summed E-state index contributed by atoms with van der Waals surface area (Å²) in [6.07, 6.45) is 2.27. The maximum Gasteiger partial charge on any atom is 0.291 e. The van der Waals surface area contributed by atoms with Gasteiger partial charge >= 0.3 is 0 Å². The van der Waals surface area contributed by atoms with Gasteiger partial charge in [-0.15, -0.1) is 0 Å². The number of para-hydroxylation sites is 1. The number of nitrogens with zero attached hydrogens (tertiary/aromatic N) is 3. The number of carbonyl (C=O) groups excluding carboxylic acids is 1. The topological polar surface area (TPSA) is 68.9 Å². The first-order chi connectivity index (χ1) is 13.6. The summed E-state index contributed by atoms with van der Waals surface area (Å²) in [5.41, 5.74) is 2.21.